The number of hydrogen-bond acceptors (Lipinski definition) is 4. The third-order valence-corrected chi connectivity index (χ3v) is 5.45. The molecule has 1 aliphatic heterocycles. The zero-order valence-corrected chi connectivity index (χ0v) is 16.0. The number of carbonyl (C=O) groups is 1. The summed E-state index contributed by atoms with van der Waals surface area (Å²) in [4.78, 5) is 13.1. The number of aliphatic hydroxyl groups is 1. The molecule has 2 N–H and O–H groups in total. The van der Waals surface area contributed by atoms with Crippen LogP contribution in [0.5, 0.6) is 5.75 Å². The molecule has 1 aromatic carbocycles. The Kier molecular flexibility index (Phi) is 6.19. The van der Waals surface area contributed by atoms with E-state index in [1.165, 1.54) is 0 Å². The monoisotopic (exact) mass is 372 g/mol. The number of aromatic nitrogens is 1. The van der Waals surface area contributed by atoms with E-state index in [-0.39, 0.29) is 5.91 Å². The lowest BCUT2D eigenvalue weighted by atomic mass is 9.73. The largest absolute Gasteiger partial charge is 0.497 e. The topological polar surface area (TPSA) is 72.7 Å². The Labute approximate surface area is 160 Å². The van der Waals surface area contributed by atoms with Crippen molar-refractivity contribution in [1.29, 1.82) is 0 Å². The molecule has 2 aromatic rings. The van der Waals surface area contributed by atoms with E-state index in [4.69, 9.17) is 9.47 Å². The minimum absolute atomic E-state index is 0.00459. The third kappa shape index (κ3) is 4.17. The standard InChI is InChI=1S/C21H28N2O4/c1-23-13-3-4-18(23)19(24)9-12-22-20(25)21(10-14-27-15-11-21)16-5-7-17(26-2)8-6-16/h3-8,13,19,24H,9-12,14-15H2,1-2H3,(H,22,25). The molecule has 6 nitrogen and oxygen atoms in total. The number of aryl methyl sites for hydroxylation is 1. The van der Waals surface area contributed by atoms with Gasteiger partial charge in [-0.2, -0.15) is 0 Å². The third-order valence-electron chi connectivity index (χ3n) is 5.45. The van der Waals surface area contributed by atoms with Crippen LogP contribution in [0.1, 0.15) is 36.6 Å². The van der Waals surface area contributed by atoms with Crippen LogP contribution in [-0.2, 0) is 22.0 Å². The maximum Gasteiger partial charge on any atom is 0.230 e. The minimum Gasteiger partial charge on any atom is -0.497 e. The predicted octanol–water partition coefficient (Wildman–Crippen LogP) is 2.32. The van der Waals surface area contributed by atoms with E-state index < -0.39 is 11.5 Å². The summed E-state index contributed by atoms with van der Waals surface area (Å²) in [5.41, 5.74) is 1.23. The molecule has 0 radical (unpaired) electrons. The van der Waals surface area contributed by atoms with Crippen LogP contribution in [0.2, 0.25) is 0 Å². The van der Waals surface area contributed by atoms with Gasteiger partial charge in [0.1, 0.15) is 5.75 Å². The van der Waals surface area contributed by atoms with Crippen molar-refractivity contribution in [1.82, 2.24) is 9.88 Å². The molecule has 1 amide bonds. The number of amides is 1. The second kappa shape index (κ2) is 8.59. The summed E-state index contributed by atoms with van der Waals surface area (Å²) in [5, 5.41) is 13.4. The highest BCUT2D eigenvalue weighted by molar-refractivity contribution is 5.88. The summed E-state index contributed by atoms with van der Waals surface area (Å²) in [6.45, 7) is 1.54. The lowest BCUT2D eigenvalue weighted by Gasteiger charge is -2.36. The van der Waals surface area contributed by atoms with Gasteiger partial charge < -0.3 is 24.5 Å². The molecule has 146 valence electrons. The molecule has 0 saturated carbocycles. The lowest BCUT2D eigenvalue weighted by Crippen LogP contribution is -2.48. The van der Waals surface area contributed by atoms with Gasteiger partial charge in [0.05, 0.1) is 18.6 Å². The van der Waals surface area contributed by atoms with Crippen LogP contribution in [0.25, 0.3) is 0 Å². The number of benzene rings is 1. The second-order valence-corrected chi connectivity index (χ2v) is 7.03. The van der Waals surface area contributed by atoms with Crippen LogP contribution in [0.4, 0.5) is 0 Å². The molecular weight excluding hydrogens is 344 g/mol. The smallest absolute Gasteiger partial charge is 0.230 e. The van der Waals surface area contributed by atoms with Crippen LogP contribution in [0.3, 0.4) is 0 Å². The van der Waals surface area contributed by atoms with Crippen LogP contribution >= 0.6 is 0 Å². The van der Waals surface area contributed by atoms with Gasteiger partial charge >= 0.3 is 0 Å². The Hall–Kier alpha value is -2.31. The van der Waals surface area contributed by atoms with Gasteiger partial charge in [-0.05, 0) is 49.1 Å². The first-order chi connectivity index (χ1) is 13.1. The molecule has 1 unspecified atom stereocenters. The van der Waals surface area contributed by atoms with Crippen molar-refractivity contribution in [3.63, 3.8) is 0 Å². The number of methoxy groups -OCH3 is 1. The fraction of sp³-hybridized carbons (Fsp3) is 0.476. The molecule has 6 heteroatoms. The molecule has 27 heavy (non-hydrogen) atoms. The normalized spacial score (nSPS) is 17.3. The van der Waals surface area contributed by atoms with E-state index in [1.807, 2.05) is 54.2 Å². The van der Waals surface area contributed by atoms with Gasteiger partial charge in [-0.1, -0.05) is 12.1 Å². The summed E-state index contributed by atoms with van der Waals surface area (Å²) in [7, 11) is 3.53. The summed E-state index contributed by atoms with van der Waals surface area (Å²) in [5.74, 6) is 0.766. The van der Waals surface area contributed by atoms with Crippen molar-refractivity contribution in [2.45, 2.75) is 30.8 Å². The van der Waals surface area contributed by atoms with Crippen molar-refractivity contribution in [3.05, 3.63) is 53.9 Å². The highest BCUT2D eigenvalue weighted by Crippen LogP contribution is 2.36. The summed E-state index contributed by atoms with van der Waals surface area (Å²) >= 11 is 0. The number of nitrogens with one attached hydrogen (secondary N) is 1. The van der Waals surface area contributed by atoms with Crippen molar-refractivity contribution >= 4 is 5.91 Å². The Morgan fingerprint density at radius 3 is 2.59 bits per heavy atom. The van der Waals surface area contributed by atoms with Crippen LogP contribution < -0.4 is 10.1 Å². The number of carbonyl (C=O) groups excluding carboxylic acids is 1. The van der Waals surface area contributed by atoms with E-state index in [0.717, 1.165) is 17.0 Å². The Morgan fingerprint density at radius 1 is 1.30 bits per heavy atom. The molecule has 1 aliphatic rings. The number of rotatable bonds is 7. The zero-order valence-electron chi connectivity index (χ0n) is 16.0. The number of aliphatic hydroxyl groups excluding tert-OH is 1. The molecule has 0 spiro atoms. The van der Waals surface area contributed by atoms with Crippen LogP contribution in [-0.4, -0.2) is 42.4 Å². The fourth-order valence-electron chi connectivity index (χ4n) is 3.74. The Bertz CT molecular complexity index is 748. The van der Waals surface area contributed by atoms with Gasteiger partial charge in [-0.15, -0.1) is 0 Å². The van der Waals surface area contributed by atoms with Gasteiger partial charge in [0, 0.05) is 38.7 Å². The molecule has 1 saturated heterocycles. The van der Waals surface area contributed by atoms with E-state index in [1.54, 1.807) is 7.11 Å². The Balaban J connectivity index is 1.67. The lowest BCUT2D eigenvalue weighted by molar-refractivity contribution is -0.130. The first-order valence-corrected chi connectivity index (χ1v) is 9.37. The van der Waals surface area contributed by atoms with Crippen LogP contribution in [0.15, 0.2) is 42.6 Å². The fourth-order valence-corrected chi connectivity index (χ4v) is 3.74. The average molecular weight is 372 g/mol. The molecular formula is C21H28N2O4. The van der Waals surface area contributed by atoms with E-state index >= 15 is 0 Å². The molecule has 1 atom stereocenters. The minimum atomic E-state index is -0.600. The van der Waals surface area contributed by atoms with Crippen molar-refractivity contribution in [2.24, 2.45) is 7.05 Å². The summed E-state index contributed by atoms with van der Waals surface area (Å²) < 4.78 is 12.6. The maximum atomic E-state index is 13.1. The van der Waals surface area contributed by atoms with Gasteiger partial charge in [0.2, 0.25) is 5.91 Å². The van der Waals surface area contributed by atoms with E-state index in [2.05, 4.69) is 5.32 Å². The quantitative estimate of drug-likeness (QED) is 0.782. The number of hydrogen-bond donors (Lipinski definition) is 2. The predicted molar refractivity (Wildman–Crippen MR) is 103 cm³/mol. The highest BCUT2D eigenvalue weighted by Gasteiger charge is 2.41. The zero-order chi connectivity index (χ0) is 19.3. The molecule has 1 fully saturated rings. The van der Waals surface area contributed by atoms with Crippen molar-refractivity contribution in [2.75, 3.05) is 26.9 Å². The number of ether oxygens (including phenoxy) is 2. The van der Waals surface area contributed by atoms with Gasteiger partial charge in [0.15, 0.2) is 0 Å². The molecule has 2 heterocycles. The second-order valence-electron chi connectivity index (χ2n) is 7.03. The molecule has 0 bridgehead atoms. The number of nitrogens with zero attached hydrogens (tertiary/aromatic N) is 1. The van der Waals surface area contributed by atoms with Gasteiger partial charge in [-0.3, -0.25) is 4.79 Å². The van der Waals surface area contributed by atoms with Gasteiger partial charge in [-0.25, -0.2) is 0 Å². The van der Waals surface area contributed by atoms with E-state index in [9.17, 15) is 9.90 Å². The maximum absolute atomic E-state index is 13.1. The summed E-state index contributed by atoms with van der Waals surface area (Å²) in [6, 6.07) is 11.5. The van der Waals surface area contributed by atoms with Crippen LogP contribution in [0, 0.1) is 0 Å². The average Bonchev–Trinajstić information content (AvgIpc) is 3.14. The highest BCUT2D eigenvalue weighted by atomic mass is 16.5. The Morgan fingerprint density at radius 2 is 2.00 bits per heavy atom. The SMILES string of the molecule is COc1ccc(C2(C(=O)NCCC(O)c3cccn3C)CCOCC2)cc1. The first kappa shape index (κ1) is 19.5. The molecule has 3 rings (SSSR count). The van der Waals surface area contributed by atoms with Crippen molar-refractivity contribution < 1.29 is 19.4 Å². The van der Waals surface area contributed by atoms with E-state index in [0.29, 0.717) is 39.0 Å². The summed E-state index contributed by atoms with van der Waals surface area (Å²) in [6.07, 6.45) is 3.06. The molecule has 0 aliphatic carbocycles. The van der Waals surface area contributed by atoms with Gasteiger partial charge in [0.25, 0.3) is 0 Å². The molecule has 1 aromatic heterocycles. The van der Waals surface area contributed by atoms with Crippen molar-refractivity contribution in [3.8, 4) is 5.75 Å². The first-order valence-electron chi connectivity index (χ1n) is 9.37.